The van der Waals surface area contributed by atoms with Crippen LogP contribution in [0.25, 0.3) is 0 Å². The van der Waals surface area contributed by atoms with Gasteiger partial charge in [-0.15, -0.1) is 11.3 Å². The third kappa shape index (κ3) is 6.80. The number of rotatable bonds is 9. The van der Waals surface area contributed by atoms with Crippen LogP contribution in [0, 0.1) is 6.92 Å². The first kappa shape index (κ1) is 26.2. The largest absolute Gasteiger partial charge is 0.496 e. The Labute approximate surface area is 212 Å². The highest BCUT2D eigenvalue weighted by atomic mass is 35.5. The summed E-state index contributed by atoms with van der Waals surface area (Å²) >= 11 is 7.61. The lowest BCUT2D eigenvalue weighted by Crippen LogP contribution is -2.20. The number of thiazole rings is 1. The number of ether oxygens (including phenoxy) is 2. The number of carbonyl (C=O) groups excluding carboxylic acids is 3. The summed E-state index contributed by atoms with van der Waals surface area (Å²) < 4.78 is 12.2. The number of amides is 2. The Hall–Kier alpha value is -3.43. The fraction of sp³-hybridized carbons (Fsp3) is 0.280. The number of hydrogen-bond donors (Lipinski definition) is 1. The molecule has 2 aromatic carbocycles. The molecule has 8 nitrogen and oxygen atoms in total. The highest BCUT2D eigenvalue weighted by molar-refractivity contribution is 7.07. The Morgan fingerprint density at radius 3 is 2.66 bits per heavy atom. The molecule has 0 saturated carbocycles. The van der Waals surface area contributed by atoms with Crippen molar-refractivity contribution < 1.29 is 23.9 Å². The number of hydrogen-bond acceptors (Lipinski definition) is 6. The van der Waals surface area contributed by atoms with Crippen LogP contribution in [0.1, 0.15) is 52.5 Å². The van der Waals surface area contributed by atoms with Gasteiger partial charge in [-0.1, -0.05) is 43.1 Å². The second kappa shape index (κ2) is 12.3. The summed E-state index contributed by atoms with van der Waals surface area (Å²) in [4.78, 5) is 42.0. The third-order valence-corrected chi connectivity index (χ3v) is 6.22. The number of esters is 1. The lowest BCUT2D eigenvalue weighted by Gasteiger charge is -2.13. The molecule has 0 aliphatic carbocycles. The molecule has 1 aromatic heterocycles. The lowest BCUT2D eigenvalue weighted by atomic mass is 10.1. The Bertz CT molecular complexity index is 1300. The number of unbranched alkanes of at least 4 members (excludes halogenated alkanes) is 1. The van der Waals surface area contributed by atoms with E-state index in [1.54, 1.807) is 28.3 Å². The summed E-state index contributed by atoms with van der Waals surface area (Å²) in [6.07, 6.45) is 3.67. The molecule has 0 atom stereocenters. The van der Waals surface area contributed by atoms with Crippen molar-refractivity contribution in [1.29, 1.82) is 0 Å². The van der Waals surface area contributed by atoms with E-state index in [0.717, 1.165) is 18.4 Å². The first-order chi connectivity index (χ1) is 16.8. The molecule has 0 bridgehead atoms. The third-order valence-electron chi connectivity index (χ3n) is 5.11. The van der Waals surface area contributed by atoms with Crippen LogP contribution in [-0.2, 0) is 16.3 Å². The SMILES string of the molecule is CCCCC(=O)OCn1ccsc1=NC(=O)c1cc(Cl)c(NC(=O)c2ccccc2C)cc1OC. The molecule has 2 amide bonds. The van der Waals surface area contributed by atoms with Gasteiger partial charge in [0.25, 0.3) is 11.8 Å². The maximum atomic E-state index is 13.0. The number of aryl methyl sites for hydroxylation is 1. The quantitative estimate of drug-likeness (QED) is 0.395. The highest BCUT2D eigenvalue weighted by Gasteiger charge is 2.18. The molecule has 1 heterocycles. The molecule has 0 aliphatic heterocycles. The minimum Gasteiger partial charge on any atom is -0.496 e. The van der Waals surface area contributed by atoms with Crippen molar-refractivity contribution in [2.45, 2.75) is 39.8 Å². The molecule has 1 N–H and O–H groups in total. The van der Waals surface area contributed by atoms with Gasteiger partial charge >= 0.3 is 5.97 Å². The van der Waals surface area contributed by atoms with Gasteiger partial charge in [-0.05, 0) is 31.0 Å². The van der Waals surface area contributed by atoms with Gasteiger partial charge < -0.3 is 14.8 Å². The van der Waals surface area contributed by atoms with Crippen LogP contribution in [0.2, 0.25) is 5.02 Å². The zero-order valence-corrected chi connectivity index (χ0v) is 21.2. The Kier molecular flexibility index (Phi) is 9.22. The van der Waals surface area contributed by atoms with Crippen molar-refractivity contribution in [2.24, 2.45) is 4.99 Å². The van der Waals surface area contributed by atoms with Crippen LogP contribution in [0.4, 0.5) is 5.69 Å². The molecule has 184 valence electrons. The minimum absolute atomic E-state index is 0.0417. The van der Waals surface area contributed by atoms with E-state index in [4.69, 9.17) is 21.1 Å². The first-order valence-electron chi connectivity index (χ1n) is 11.0. The number of methoxy groups -OCH3 is 1. The molecule has 35 heavy (non-hydrogen) atoms. The number of nitrogens with one attached hydrogen (secondary N) is 1. The van der Waals surface area contributed by atoms with E-state index >= 15 is 0 Å². The summed E-state index contributed by atoms with van der Waals surface area (Å²) in [6, 6.07) is 10.1. The van der Waals surface area contributed by atoms with Crippen LogP contribution in [0.3, 0.4) is 0 Å². The van der Waals surface area contributed by atoms with Gasteiger partial charge in [-0.3, -0.25) is 19.0 Å². The number of carbonyl (C=O) groups is 3. The number of benzene rings is 2. The van der Waals surface area contributed by atoms with E-state index in [0.29, 0.717) is 22.5 Å². The van der Waals surface area contributed by atoms with Crippen molar-refractivity contribution in [1.82, 2.24) is 4.57 Å². The smallest absolute Gasteiger partial charge is 0.307 e. The molecule has 3 aromatic rings. The van der Waals surface area contributed by atoms with Gasteiger partial charge in [-0.25, -0.2) is 0 Å². The van der Waals surface area contributed by atoms with Crippen LogP contribution >= 0.6 is 22.9 Å². The number of aromatic nitrogens is 1. The minimum atomic E-state index is -0.589. The summed E-state index contributed by atoms with van der Waals surface area (Å²) in [5, 5.41) is 4.66. The van der Waals surface area contributed by atoms with Crippen molar-refractivity contribution in [3.05, 3.63) is 74.5 Å². The Balaban J connectivity index is 1.81. The van der Waals surface area contributed by atoms with E-state index in [2.05, 4.69) is 10.3 Å². The zero-order valence-electron chi connectivity index (χ0n) is 19.7. The normalized spacial score (nSPS) is 11.3. The molecular weight excluding hydrogens is 490 g/mol. The van der Waals surface area contributed by atoms with Crippen LogP contribution in [0.5, 0.6) is 5.75 Å². The first-order valence-corrected chi connectivity index (χ1v) is 12.2. The average molecular weight is 516 g/mol. The van der Waals surface area contributed by atoms with Gasteiger partial charge in [-0.2, -0.15) is 4.99 Å². The van der Waals surface area contributed by atoms with Gasteiger partial charge in [0.2, 0.25) is 0 Å². The van der Waals surface area contributed by atoms with E-state index < -0.39 is 5.91 Å². The second-order valence-corrected chi connectivity index (χ2v) is 8.90. The van der Waals surface area contributed by atoms with E-state index in [1.807, 2.05) is 26.0 Å². The highest BCUT2D eigenvalue weighted by Crippen LogP contribution is 2.32. The van der Waals surface area contributed by atoms with E-state index in [1.165, 1.54) is 30.6 Å². The number of nitrogens with zero attached hydrogens (tertiary/aromatic N) is 2. The summed E-state index contributed by atoms with van der Waals surface area (Å²) in [5.41, 5.74) is 1.76. The standard InChI is InChI=1S/C25H26ClN3O5S/c1-4-5-10-22(30)34-15-29-11-12-35-25(29)28-24(32)18-13-19(26)20(14-21(18)33-3)27-23(31)17-9-7-6-8-16(17)2/h6-9,11-14H,4-5,10,15H2,1-3H3,(H,27,31). The fourth-order valence-corrected chi connectivity index (χ4v) is 4.09. The molecule has 0 spiro atoms. The van der Waals surface area contributed by atoms with Gasteiger partial charge in [0.1, 0.15) is 5.75 Å². The summed E-state index contributed by atoms with van der Waals surface area (Å²) in [5.74, 6) is -1.02. The van der Waals surface area contributed by atoms with Gasteiger partial charge in [0.15, 0.2) is 11.5 Å². The predicted molar refractivity (Wildman–Crippen MR) is 135 cm³/mol. The van der Waals surface area contributed by atoms with Crippen molar-refractivity contribution in [2.75, 3.05) is 12.4 Å². The number of anilines is 1. The zero-order chi connectivity index (χ0) is 25.4. The molecule has 0 radical (unpaired) electrons. The van der Waals surface area contributed by atoms with Gasteiger partial charge in [0, 0.05) is 29.6 Å². The van der Waals surface area contributed by atoms with Crippen molar-refractivity contribution >= 4 is 46.4 Å². The maximum absolute atomic E-state index is 13.0. The van der Waals surface area contributed by atoms with Gasteiger partial charge in [0.05, 0.1) is 23.4 Å². The second-order valence-electron chi connectivity index (χ2n) is 7.62. The molecule has 3 rings (SSSR count). The molecule has 0 aliphatic rings. The van der Waals surface area contributed by atoms with E-state index in [9.17, 15) is 14.4 Å². The van der Waals surface area contributed by atoms with Crippen LogP contribution in [0.15, 0.2) is 53.0 Å². The van der Waals surface area contributed by atoms with E-state index in [-0.39, 0.29) is 34.9 Å². The lowest BCUT2D eigenvalue weighted by molar-refractivity contribution is -0.147. The molecular formula is C25H26ClN3O5S. The maximum Gasteiger partial charge on any atom is 0.307 e. The molecule has 0 fully saturated rings. The fourth-order valence-electron chi connectivity index (χ4n) is 3.17. The molecule has 0 unspecified atom stereocenters. The number of halogens is 1. The topological polar surface area (TPSA) is 99.0 Å². The predicted octanol–water partition coefficient (Wildman–Crippen LogP) is 5.20. The Morgan fingerprint density at radius 2 is 1.94 bits per heavy atom. The summed E-state index contributed by atoms with van der Waals surface area (Å²) in [6.45, 7) is 3.79. The average Bonchev–Trinajstić information content (AvgIpc) is 3.29. The molecule has 0 saturated heterocycles. The Morgan fingerprint density at radius 1 is 1.17 bits per heavy atom. The van der Waals surface area contributed by atoms with Crippen molar-refractivity contribution in [3.8, 4) is 5.75 Å². The molecule has 10 heteroatoms. The summed E-state index contributed by atoms with van der Waals surface area (Å²) in [7, 11) is 1.41. The van der Waals surface area contributed by atoms with Crippen LogP contribution in [-0.4, -0.2) is 29.5 Å². The monoisotopic (exact) mass is 515 g/mol. The van der Waals surface area contributed by atoms with Crippen LogP contribution < -0.4 is 14.9 Å². The van der Waals surface area contributed by atoms with Crippen molar-refractivity contribution in [3.63, 3.8) is 0 Å².